The van der Waals surface area contributed by atoms with Crippen LogP contribution in [0, 0.1) is 0 Å². The van der Waals surface area contributed by atoms with Crippen molar-refractivity contribution in [1.82, 2.24) is 5.32 Å². The Hall–Kier alpha value is 0.540. The van der Waals surface area contributed by atoms with Crippen molar-refractivity contribution in [2.75, 3.05) is 5.88 Å². The zero-order chi connectivity index (χ0) is 8.91. The van der Waals surface area contributed by atoms with Crippen molar-refractivity contribution < 1.29 is 42.5 Å². The topological polar surface area (TPSA) is 69.2 Å². The van der Waals surface area contributed by atoms with Gasteiger partial charge in [0.15, 0.2) is 0 Å². The first-order chi connectivity index (χ1) is 4.95. The van der Waals surface area contributed by atoms with Crippen molar-refractivity contribution in [3.8, 4) is 0 Å². The van der Waals surface area contributed by atoms with E-state index in [0.29, 0.717) is 11.4 Å². The van der Waals surface area contributed by atoms with E-state index in [-0.39, 0.29) is 29.6 Å². The second kappa shape index (κ2) is 6.99. The smallest absolute Gasteiger partial charge is 0.747 e. The molecule has 0 saturated carbocycles. The molecule has 7 heteroatoms. The van der Waals surface area contributed by atoms with Crippen LogP contribution in [-0.4, -0.2) is 23.8 Å². The molecule has 0 aromatic rings. The van der Waals surface area contributed by atoms with Crippen LogP contribution in [0.4, 0.5) is 0 Å². The molecule has 0 saturated heterocycles. The van der Waals surface area contributed by atoms with E-state index < -0.39 is 16.0 Å². The van der Waals surface area contributed by atoms with Crippen LogP contribution in [-0.2, 0) is 10.1 Å². The van der Waals surface area contributed by atoms with E-state index in [1.54, 1.807) is 0 Å². The predicted molar refractivity (Wildman–Crippen MR) is 45.1 cm³/mol. The minimum Gasteiger partial charge on any atom is -0.747 e. The maximum Gasteiger partial charge on any atom is 1.00 e. The fourth-order valence-corrected chi connectivity index (χ4v) is 1.00. The quantitative estimate of drug-likeness (QED) is 0.235. The van der Waals surface area contributed by atoms with Gasteiger partial charge in [-0.3, -0.25) is 0 Å². The van der Waals surface area contributed by atoms with Crippen molar-refractivity contribution in [2.24, 2.45) is 0 Å². The third kappa shape index (κ3) is 10.5. The van der Waals surface area contributed by atoms with Gasteiger partial charge in [-0.1, -0.05) is 18.3 Å². The molecule has 0 aliphatic carbocycles. The van der Waals surface area contributed by atoms with Crippen molar-refractivity contribution >= 4 is 27.3 Å². The predicted octanol–water partition coefficient (Wildman–Crippen LogP) is -3.01. The van der Waals surface area contributed by atoms with Gasteiger partial charge in [0, 0.05) is 6.42 Å². The first-order valence-electron chi connectivity index (χ1n) is 2.77. The van der Waals surface area contributed by atoms with Crippen LogP contribution in [0.2, 0.25) is 0 Å². The molecule has 0 amide bonds. The molecule has 0 spiro atoms. The van der Waals surface area contributed by atoms with Gasteiger partial charge in [0.2, 0.25) is 0 Å². The normalized spacial score (nSPS) is 9.75. The maximum absolute atomic E-state index is 10.0. The van der Waals surface area contributed by atoms with Gasteiger partial charge >= 0.3 is 29.6 Å². The minimum absolute atomic E-state index is 0. The molecule has 12 heavy (non-hydrogen) atoms. The molecule has 0 bridgehead atoms. The number of nitrogens with one attached hydrogen (secondary N) is 1. The van der Waals surface area contributed by atoms with Gasteiger partial charge in [-0.05, 0) is 0 Å². The first-order valence-corrected chi connectivity index (χ1v) is 4.75. The molecule has 0 aromatic heterocycles. The molecule has 0 fully saturated rings. The Balaban J connectivity index is 0. The van der Waals surface area contributed by atoms with Crippen molar-refractivity contribution in [2.45, 2.75) is 6.42 Å². The Labute approximate surface area is 99.5 Å². The Kier molecular flexibility index (Phi) is 8.76. The van der Waals surface area contributed by atoms with E-state index in [1.165, 1.54) is 6.08 Å². The molecule has 0 radical (unpaired) electrons. The number of hydrogen-bond donors (Lipinski definition) is 1. The van der Waals surface area contributed by atoms with Gasteiger partial charge < -0.3 is 9.87 Å². The first kappa shape index (κ1) is 15.0. The summed E-state index contributed by atoms with van der Waals surface area (Å²) in [7, 11) is -4.22. The summed E-state index contributed by atoms with van der Waals surface area (Å²) in [6, 6.07) is 0. The van der Waals surface area contributed by atoms with Crippen LogP contribution < -0.4 is 34.9 Å². The van der Waals surface area contributed by atoms with E-state index in [1.807, 2.05) is 0 Å². The summed E-state index contributed by atoms with van der Waals surface area (Å²) in [6.45, 7) is 3.39. The third-order valence-electron chi connectivity index (χ3n) is 0.776. The van der Waals surface area contributed by atoms with E-state index >= 15 is 0 Å². The summed E-state index contributed by atoms with van der Waals surface area (Å²) in [5.41, 5.74) is 0. The zero-order valence-electron chi connectivity index (χ0n) is 6.74. The summed E-state index contributed by atoms with van der Waals surface area (Å²) in [4.78, 5) is 0.305. The summed E-state index contributed by atoms with van der Waals surface area (Å²) >= 11 is 4.64. The van der Waals surface area contributed by atoms with Gasteiger partial charge in [0.05, 0.1) is 4.99 Å². The van der Waals surface area contributed by atoms with Crippen molar-refractivity contribution in [3.05, 3.63) is 12.7 Å². The monoisotopic (exact) mass is 217 g/mol. The van der Waals surface area contributed by atoms with E-state index in [2.05, 4.69) is 24.1 Å². The molecule has 0 rings (SSSR count). The molecule has 1 N–H and O–H groups in total. The second-order valence-corrected chi connectivity index (χ2v) is 3.69. The minimum atomic E-state index is -4.22. The molecule has 0 heterocycles. The van der Waals surface area contributed by atoms with Gasteiger partial charge in [-0.15, -0.1) is 6.58 Å². The van der Waals surface area contributed by atoms with Crippen LogP contribution >= 0.6 is 12.2 Å². The molecular formula is C5H8NNaO3S2. The van der Waals surface area contributed by atoms with E-state index in [4.69, 9.17) is 0 Å². The fraction of sp³-hybridized carbons (Fsp3) is 0.400. The summed E-state index contributed by atoms with van der Waals surface area (Å²) in [5, 5.41) is 2.28. The largest absolute Gasteiger partial charge is 1.00 e. The van der Waals surface area contributed by atoms with E-state index in [9.17, 15) is 13.0 Å². The van der Waals surface area contributed by atoms with Gasteiger partial charge in [-0.25, -0.2) is 8.42 Å². The molecule has 0 aliphatic rings. The second-order valence-electron chi connectivity index (χ2n) is 1.79. The average molecular weight is 217 g/mol. The summed E-state index contributed by atoms with van der Waals surface area (Å²) in [5.74, 6) is -0.653. The molecular weight excluding hydrogens is 209 g/mol. The van der Waals surface area contributed by atoms with Crippen molar-refractivity contribution in [1.29, 1.82) is 0 Å². The molecule has 0 atom stereocenters. The SMILES string of the molecule is C=CCC(=S)NCS(=O)(=O)[O-].[Na+]. The van der Waals surface area contributed by atoms with Crippen molar-refractivity contribution in [3.63, 3.8) is 0 Å². The van der Waals surface area contributed by atoms with Gasteiger partial charge in [0.25, 0.3) is 0 Å². The molecule has 0 unspecified atom stereocenters. The van der Waals surface area contributed by atoms with Gasteiger partial charge in [-0.2, -0.15) is 0 Å². The standard InChI is InChI=1S/C5H9NO3S2.Na/c1-2-3-5(10)6-4-11(7,8)9;/h2H,1,3-4H2,(H,6,10)(H,7,8,9);/q;+1/p-1. The maximum atomic E-state index is 10.0. The Bertz CT molecular complexity index is 249. The number of hydrogen-bond acceptors (Lipinski definition) is 4. The van der Waals surface area contributed by atoms with Crippen LogP contribution in [0.1, 0.15) is 6.42 Å². The Morgan fingerprint density at radius 2 is 2.17 bits per heavy atom. The molecule has 64 valence electrons. The van der Waals surface area contributed by atoms with Crippen LogP contribution in [0.5, 0.6) is 0 Å². The van der Waals surface area contributed by atoms with Crippen LogP contribution in [0.15, 0.2) is 12.7 Å². The number of rotatable bonds is 4. The average Bonchev–Trinajstić information content (AvgIpc) is 1.83. The zero-order valence-corrected chi connectivity index (χ0v) is 10.4. The molecule has 4 nitrogen and oxygen atoms in total. The van der Waals surface area contributed by atoms with Crippen LogP contribution in [0.25, 0.3) is 0 Å². The summed E-state index contributed by atoms with van der Waals surface area (Å²) in [6.07, 6.45) is 1.90. The molecule has 0 aromatic carbocycles. The van der Waals surface area contributed by atoms with Crippen LogP contribution in [0.3, 0.4) is 0 Å². The Morgan fingerprint density at radius 3 is 2.50 bits per heavy atom. The Morgan fingerprint density at radius 1 is 1.67 bits per heavy atom. The fourth-order valence-electron chi connectivity index (χ4n) is 0.372. The summed E-state index contributed by atoms with van der Waals surface area (Å²) < 4.78 is 30.1. The number of thiocarbonyl (C=S) groups is 1. The van der Waals surface area contributed by atoms with E-state index in [0.717, 1.165) is 0 Å². The van der Waals surface area contributed by atoms with Gasteiger partial charge in [0.1, 0.15) is 16.0 Å². The third-order valence-corrected chi connectivity index (χ3v) is 1.58. The molecule has 0 aliphatic heterocycles.